The number of para-hydroxylation sites is 1. The second-order valence-corrected chi connectivity index (χ2v) is 5.48. The van der Waals surface area contributed by atoms with Crippen LogP contribution < -0.4 is 5.32 Å². The molecule has 1 aliphatic rings. The Kier molecular flexibility index (Phi) is 8.98. The number of hydrogen-bond acceptors (Lipinski definition) is 3. The van der Waals surface area contributed by atoms with E-state index in [-0.39, 0.29) is 30.9 Å². The molecule has 1 aliphatic heterocycles. The smallest absolute Gasteiger partial charge is 0.123 e. The normalized spacial score (nSPS) is 16.5. The lowest BCUT2D eigenvalue weighted by atomic mass is 9.95. The first-order valence-electron chi connectivity index (χ1n) is 6.97. The molecule has 1 aromatic rings. The van der Waals surface area contributed by atoms with Crippen LogP contribution in [0.1, 0.15) is 30.5 Å². The molecular formula is C16H26Cl2N2O. The molecule has 2 N–H and O–H groups in total. The van der Waals surface area contributed by atoms with Gasteiger partial charge in [-0.3, -0.25) is 4.90 Å². The molecule has 1 atom stereocenters. The molecule has 0 spiro atoms. The Morgan fingerprint density at radius 3 is 2.52 bits per heavy atom. The molecular weight excluding hydrogens is 307 g/mol. The van der Waals surface area contributed by atoms with Crippen molar-refractivity contribution < 1.29 is 5.11 Å². The van der Waals surface area contributed by atoms with Crippen LogP contribution in [-0.2, 0) is 0 Å². The molecule has 0 aliphatic carbocycles. The van der Waals surface area contributed by atoms with Crippen molar-refractivity contribution in [2.75, 3.05) is 26.2 Å². The highest BCUT2D eigenvalue weighted by molar-refractivity contribution is 5.85. The van der Waals surface area contributed by atoms with E-state index < -0.39 is 0 Å². The third-order valence-corrected chi connectivity index (χ3v) is 3.76. The summed E-state index contributed by atoms with van der Waals surface area (Å²) in [6.45, 7) is 12.1. The molecule has 0 unspecified atom stereocenters. The first-order chi connectivity index (χ1) is 9.09. The van der Waals surface area contributed by atoms with Gasteiger partial charge in [0.05, 0.1) is 0 Å². The van der Waals surface area contributed by atoms with Gasteiger partial charge in [-0.15, -0.1) is 31.4 Å². The molecule has 1 fully saturated rings. The van der Waals surface area contributed by atoms with Crippen molar-refractivity contribution in [2.24, 2.45) is 0 Å². The van der Waals surface area contributed by atoms with E-state index in [4.69, 9.17) is 0 Å². The molecule has 1 aromatic carbocycles. The zero-order chi connectivity index (χ0) is 13.8. The van der Waals surface area contributed by atoms with Crippen LogP contribution in [0.15, 0.2) is 30.4 Å². The maximum absolute atomic E-state index is 10.3. The Labute approximate surface area is 140 Å². The fraction of sp³-hybridized carbons (Fsp3) is 0.500. The Balaban J connectivity index is 0.00000200. The van der Waals surface area contributed by atoms with Crippen molar-refractivity contribution in [3.63, 3.8) is 0 Å². The summed E-state index contributed by atoms with van der Waals surface area (Å²) in [5.41, 5.74) is 3.13. The Morgan fingerprint density at radius 1 is 1.33 bits per heavy atom. The van der Waals surface area contributed by atoms with Crippen LogP contribution in [0.4, 0.5) is 0 Å². The summed E-state index contributed by atoms with van der Waals surface area (Å²) in [5.74, 6) is 0.437. The Bertz CT molecular complexity index is 460. The van der Waals surface area contributed by atoms with Gasteiger partial charge in [-0.25, -0.2) is 0 Å². The van der Waals surface area contributed by atoms with Crippen LogP contribution in [-0.4, -0.2) is 36.2 Å². The number of piperazine rings is 1. The number of phenolic OH excluding ortho intramolecular Hbond substituents is 1. The number of phenols is 1. The van der Waals surface area contributed by atoms with Gasteiger partial charge < -0.3 is 10.4 Å². The lowest BCUT2D eigenvalue weighted by Crippen LogP contribution is -2.45. The molecule has 0 amide bonds. The van der Waals surface area contributed by atoms with Crippen LogP contribution in [0, 0.1) is 6.92 Å². The number of benzene rings is 1. The van der Waals surface area contributed by atoms with E-state index >= 15 is 0 Å². The van der Waals surface area contributed by atoms with E-state index in [0.29, 0.717) is 5.75 Å². The maximum atomic E-state index is 10.3. The van der Waals surface area contributed by atoms with Gasteiger partial charge in [-0.1, -0.05) is 23.8 Å². The highest BCUT2D eigenvalue weighted by atomic mass is 35.5. The van der Waals surface area contributed by atoms with Gasteiger partial charge in [-0.2, -0.15) is 0 Å². The summed E-state index contributed by atoms with van der Waals surface area (Å²) in [7, 11) is 0. The number of rotatable bonds is 4. The van der Waals surface area contributed by atoms with Crippen LogP contribution in [0.2, 0.25) is 0 Å². The molecule has 0 saturated carbocycles. The van der Waals surface area contributed by atoms with Gasteiger partial charge in [0.2, 0.25) is 0 Å². The minimum absolute atomic E-state index is 0. The lowest BCUT2D eigenvalue weighted by Gasteiger charge is -2.36. The van der Waals surface area contributed by atoms with E-state index in [1.165, 1.54) is 0 Å². The minimum atomic E-state index is 0. The molecule has 2 rings (SSSR count). The van der Waals surface area contributed by atoms with Crippen molar-refractivity contribution in [3.8, 4) is 5.75 Å². The lowest BCUT2D eigenvalue weighted by molar-refractivity contribution is 0.170. The van der Waals surface area contributed by atoms with Gasteiger partial charge in [-0.05, 0) is 25.8 Å². The number of hydrogen-bond donors (Lipinski definition) is 2. The predicted molar refractivity (Wildman–Crippen MR) is 94.0 cm³/mol. The summed E-state index contributed by atoms with van der Waals surface area (Å²) in [6, 6.07) is 6.25. The molecule has 0 radical (unpaired) electrons. The molecule has 21 heavy (non-hydrogen) atoms. The SMILES string of the molecule is C=C(C)C[C@@H](c1cccc(C)c1O)N1CCNCC1.Cl.Cl. The fourth-order valence-corrected chi connectivity index (χ4v) is 2.71. The largest absolute Gasteiger partial charge is 0.507 e. The van der Waals surface area contributed by atoms with Crippen molar-refractivity contribution >= 4 is 24.8 Å². The van der Waals surface area contributed by atoms with Gasteiger partial charge in [0.1, 0.15) is 5.75 Å². The molecule has 5 heteroatoms. The summed E-state index contributed by atoms with van der Waals surface area (Å²) < 4.78 is 0. The molecule has 0 aromatic heterocycles. The van der Waals surface area contributed by atoms with Crippen LogP contribution >= 0.6 is 24.8 Å². The summed E-state index contributed by atoms with van der Waals surface area (Å²) >= 11 is 0. The van der Waals surface area contributed by atoms with Crippen molar-refractivity contribution in [1.29, 1.82) is 0 Å². The molecule has 0 bridgehead atoms. The number of nitrogens with one attached hydrogen (secondary N) is 1. The molecule has 1 heterocycles. The first-order valence-corrected chi connectivity index (χ1v) is 6.97. The van der Waals surface area contributed by atoms with Crippen molar-refractivity contribution in [1.82, 2.24) is 10.2 Å². The van der Waals surface area contributed by atoms with Crippen molar-refractivity contribution in [2.45, 2.75) is 26.3 Å². The average molecular weight is 333 g/mol. The first kappa shape index (κ1) is 20.3. The number of aryl methyl sites for hydroxylation is 1. The predicted octanol–water partition coefficient (Wildman–Crippen LogP) is 3.46. The van der Waals surface area contributed by atoms with Gasteiger partial charge in [0, 0.05) is 37.8 Å². The summed E-state index contributed by atoms with van der Waals surface area (Å²) in [6.07, 6.45) is 0.900. The topological polar surface area (TPSA) is 35.5 Å². The van der Waals surface area contributed by atoms with E-state index in [1.807, 2.05) is 25.1 Å². The van der Waals surface area contributed by atoms with E-state index in [9.17, 15) is 5.11 Å². The standard InChI is InChI=1S/C16H24N2O.2ClH/c1-12(2)11-15(18-9-7-17-8-10-18)14-6-4-5-13(3)16(14)19;;/h4-6,15,17,19H,1,7-11H2,2-3H3;2*1H/t15-;;/m0../s1. The highest BCUT2D eigenvalue weighted by Gasteiger charge is 2.24. The van der Waals surface area contributed by atoms with E-state index in [0.717, 1.165) is 49.3 Å². The second kappa shape index (κ2) is 9.31. The third-order valence-electron chi connectivity index (χ3n) is 3.76. The number of nitrogens with zero attached hydrogens (tertiary/aromatic N) is 1. The minimum Gasteiger partial charge on any atom is -0.507 e. The van der Waals surface area contributed by atoms with Crippen LogP contribution in [0.5, 0.6) is 5.75 Å². The highest BCUT2D eigenvalue weighted by Crippen LogP contribution is 2.34. The van der Waals surface area contributed by atoms with E-state index in [2.05, 4.69) is 23.7 Å². The quantitative estimate of drug-likeness (QED) is 0.829. The average Bonchev–Trinajstić information content (AvgIpc) is 2.40. The number of halogens is 2. The monoisotopic (exact) mass is 332 g/mol. The zero-order valence-electron chi connectivity index (χ0n) is 12.8. The van der Waals surface area contributed by atoms with E-state index in [1.54, 1.807) is 0 Å². The maximum Gasteiger partial charge on any atom is 0.123 e. The van der Waals surface area contributed by atoms with Crippen LogP contribution in [0.3, 0.4) is 0 Å². The Hall–Kier alpha value is -0.740. The summed E-state index contributed by atoms with van der Waals surface area (Å²) in [5, 5.41) is 13.7. The fourth-order valence-electron chi connectivity index (χ4n) is 2.71. The van der Waals surface area contributed by atoms with Gasteiger partial charge >= 0.3 is 0 Å². The summed E-state index contributed by atoms with van der Waals surface area (Å²) in [4.78, 5) is 2.44. The van der Waals surface area contributed by atoms with Gasteiger partial charge in [0.25, 0.3) is 0 Å². The van der Waals surface area contributed by atoms with Crippen LogP contribution in [0.25, 0.3) is 0 Å². The van der Waals surface area contributed by atoms with Crippen molar-refractivity contribution in [3.05, 3.63) is 41.5 Å². The molecule has 120 valence electrons. The second-order valence-electron chi connectivity index (χ2n) is 5.48. The molecule has 1 saturated heterocycles. The number of aromatic hydroxyl groups is 1. The molecule has 3 nitrogen and oxygen atoms in total. The Morgan fingerprint density at radius 2 is 1.95 bits per heavy atom. The third kappa shape index (κ3) is 5.19. The zero-order valence-corrected chi connectivity index (χ0v) is 14.4. The van der Waals surface area contributed by atoms with Gasteiger partial charge in [0.15, 0.2) is 0 Å².